The van der Waals surface area contributed by atoms with E-state index in [-0.39, 0.29) is 23.5 Å². The Morgan fingerprint density at radius 1 is 1.45 bits per heavy atom. The van der Waals surface area contributed by atoms with Gasteiger partial charge < -0.3 is 14.2 Å². The average molecular weight is 301 g/mol. The Morgan fingerprint density at radius 3 is 2.95 bits per heavy atom. The third kappa shape index (κ3) is 2.87. The number of hydrogen-bond acceptors (Lipinski definition) is 5. The Bertz CT molecular complexity index is 641. The van der Waals surface area contributed by atoms with E-state index in [0.717, 1.165) is 5.69 Å². The van der Waals surface area contributed by atoms with Gasteiger partial charge in [-0.25, -0.2) is 0 Å². The van der Waals surface area contributed by atoms with Crippen LogP contribution in [0.4, 0.5) is 0 Å². The molecule has 3 heterocycles. The van der Waals surface area contributed by atoms with E-state index in [0.29, 0.717) is 25.4 Å². The predicted molar refractivity (Wildman–Crippen MR) is 79.5 cm³/mol. The summed E-state index contributed by atoms with van der Waals surface area (Å²) in [7, 11) is 1.68. The number of nitrogens with zero attached hydrogens (tertiary/aromatic N) is 3. The molecule has 2 aromatic heterocycles. The summed E-state index contributed by atoms with van der Waals surface area (Å²) in [5, 5.41) is 3.78. The van der Waals surface area contributed by atoms with E-state index in [1.807, 2.05) is 18.2 Å². The minimum atomic E-state index is -0.125. The van der Waals surface area contributed by atoms with E-state index in [2.05, 4.69) is 10.1 Å². The van der Waals surface area contributed by atoms with Crippen molar-refractivity contribution in [1.82, 2.24) is 15.0 Å². The van der Waals surface area contributed by atoms with E-state index in [9.17, 15) is 4.79 Å². The summed E-state index contributed by atoms with van der Waals surface area (Å²) in [6, 6.07) is 7.53. The number of aryl methyl sites for hydroxylation is 1. The van der Waals surface area contributed by atoms with Crippen LogP contribution in [0.2, 0.25) is 0 Å². The van der Waals surface area contributed by atoms with Gasteiger partial charge in [0.15, 0.2) is 0 Å². The lowest BCUT2D eigenvalue weighted by molar-refractivity contribution is 0.0734. The van der Waals surface area contributed by atoms with Crippen molar-refractivity contribution in [2.75, 3.05) is 26.8 Å². The van der Waals surface area contributed by atoms with Gasteiger partial charge in [-0.1, -0.05) is 11.2 Å². The fraction of sp³-hybridized carbons (Fsp3) is 0.438. The van der Waals surface area contributed by atoms with Gasteiger partial charge in [0.1, 0.15) is 0 Å². The molecule has 0 aromatic carbocycles. The number of carbonyl (C=O) groups is 1. The van der Waals surface area contributed by atoms with E-state index in [1.54, 1.807) is 31.2 Å². The first-order valence-electron chi connectivity index (χ1n) is 7.31. The van der Waals surface area contributed by atoms with Crippen LogP contribution in [0.15, 0.2) is 35.0 Å². The lowest BCUT2D eigenvalue weighted by atomic mass is 9.93. The van der Waals surface area contributed by atoms with E-state index < -0.39 is 0 Å². The molecule has 1 saturated heterocycles. The van der Waals surface area contributed by atoms with Crippen LogP contribution in [0.1, 0.15) is 27.9 Å². The molecule has 0 N–H and O–H groups in total. The highest BCUT2D eigenvalue weighted by molar-refractivity contribution is 5.91. The SMILES string of the molecule is COC[C@@H]1CN(C(=O)c2cc(C)no2)C[C@H]1c1ccccn1. The molecule has 1 amide bonds. The predicted octanol–water partition coefficient (Wildman–Crippen LogP) is 1.88. The van der Waals surface area contributed by atoms with Gasteiger partial charge >= 0.3 is 0 Å². The molecule has 0 saturated carbocycles. The first kappa shape index (κ1) is 14.7. The molecule has 6 heteroatoms. The summed E-state index contributed by atoms with van der Waals surface area (Å²) in [5.74, 6) is 0.567. The van der Waals surface area contributed by atoms with E-state index in [4.69, 9.17) is 9.26 Å². The number of ether oxygens (including phenoxy) is 1. The molecular weight excluding hydrogens is 282 g/mol. The highest BCUT2D eigenvalue weighted by atomic mass is 16.5. The van der Waals surface area contributed by atoms with Crippen LogP contribution in [0.3, 0.4) is 0 Å². The van der Waals surface area contributed by atoms with Crippen molar-refractivity contribution in [2.24, 2.45) is 5.92 Å². The maximum atomic E-state index is 12.5. The van der Waals surface area contributed by atoms with Crippen LogP contribution < -0.4 is 0 Å². The number of likely N-dealkylation sites (tertiary alicyclic amines) is 1. The summed E-state index contributed by atoms with van der Waals surface area (Å²) >= 11 is 0. The van der Waals surface area contributed by atoms with Crippen molar-refractivity contribution in [3.63, 3.8) is 0 Å². The Balaban J connectivity index is 1.79. The minimum Gasteiger partial charge on any atom is -0.384 e. The van der Waals surface area contributed by atoms with Crippen molar-refractivity contribution in [3.8, 4) is 0 Å². The van der Waals surface area contributed by atoms with Gasteiger partial charge in [-0.2, -0.15) is 0 Å². The van der Waals surface area contributed by atoms with Crippen molar-refractivity contribution >= 4 is 5.91 Å². The minimum absolute atomic E-state index is 0.125. The molecule has 1 fully saturated rings. The second-order valence-corrected chi connectivity index (χ2v) is 5.62. The molecule has 0 bridgehead atoms. The number of hydrogen-bond donors (Lipinski definition) is 0. The number of methoxy groups -OCH3 is 1. The molecule has 6 nitrogen and oxygen atoms in total. The van der Waals surface area contributed by atoms with Crippen molar-refractivity contribution < 1.29 is 14.1 Å². The maximum Gasteiger partial charge on any atom is 0.292 e. The summed E-state index contributed by atoms with van der Waals surface area (Å²) in [6.45, 7) is 3.65. The monoisotopic (exact) mass is 301 g/mol. The lowest BCUT2D eigenvalue weighted by Gasteiger charge is -2.16. The van der Waals surface area contributed by atoms with Crippen LogP contribution in [-0.4, -0.2) is 47.8 Å². The van der Waals surface area contributed by atoms with Crippen molar-refractivity contribution in [2.45, 2.75) is 12.8 Å². The van der Waals surface area contributed by atoms with Gasteiger partial charge in [0, 0.05) is 50.0 Å². The molecule has 0 unspecified atom stereocenters. The molecule has 0 spiro atoms. The number of amides is 1. The van der Waals surface area contributed by atoms with Crippen LogP contribution in [0, 0.1) is 12.8 Å². The number of aromatic nitrogens is 2. The normalized spacial score (nSPS) is 21.3. The molecule has 2 atom stereocenters. The van der Waals surface area contributed by atoms with Gasteiger partial charge in [-0.3, -0.25) is 9.78 Å². The Labute approximate surface area is 129 Å². The number of rotatable bonds is 4. The number of carbonyl (C=O) groups excluding carboxylic acids is 1. The zero-order chi connectivity index (χ0) is 15.5. The van der Waals surface area contributed by atoms with Gasteiger partial charge in [-0.15, -0.1) is 0 Å². The summed E-state index contributed by atoms with van der Waals surface area (Å²) < 4.78 is 10.4. The van der Waals surface area contributed by atoms with Crippen LogP contribution >= 0.6 is 0 Å². The van der Waals surface area contributed by atoms with Crippen LogP contribution in [0.25, 0.3) is 0 Å². The Morgan fingerprint density at radius 2 is 2.32 bits per heavy atom. The number of pyridine rings is 1. The second-order valence-electron chi connectivity index (χ2n) is 5.62. The molecule has 3 rings (SSSR count). The highest BCUT2D eigenvalue weighted by Crippen LogP contribution is 2.32. The topological polar surface area (TPSA) is 68.5 Å². The van der Waals surface area contributed by atoms with E-state index >= 15 is 0 Å². The molecule has 22 heavy (non-hydrogen) atoms. The fourth-order valence-electron chi connectivity index (χ4n) is 2.97. The zero-order valence-corrected chi connectivity index (χ0v) is 12.7. The van der Waals surface area contributed by atoms with Gasteiger partial charge in [0.25, 0.3) is 5.91 Å². The average Bonchev–Trinajstić information content (AvgIpc) is 3.15. The first-order chi connectivity index (χ1) is 10.7. The van der Waals surface area contributed by atoms with Crippen molar-refractivity contribution in [1.29, 1.82) is 0 Å². The van der Waals surface area contributed by atoms with E-state index in [1.165, 1.54) is 0 Å². The summed E-state index contributed by atoms with van der Waals surface area (Å²) in [5.41, 5.74) is 1.70. The molecule has 0 radical (unpaired) electrons. The quantitative estimate of drug-likeness (QED) is 0.862. The fourth-order valence-corrected chi connectivity index (χ4v) is 2.97. The Kier molecular flexibility index (Phi) is 4.20. The van der Waals surface area contributed by atoms with Gasteiger partial charge in [0.2, 0.25) is 5.76 Å². The summed E-state index contributed by atoms with van der Waals surface area (Å²) in [4.78, 5) is 18.7. The third-order valence-corrected chi connectivity index (χ3v) is 4.02. The lowest BCUT2D eigenvalue weighted by Crippen LogP contribution is -2.29. The zero-order valence-electron chi connectivity index (χ0n) is 12.7. The first-order valence-corrected chi connectivity index (χ1v) is 7.31. The van der Waals surface area contributed by atoms with Gasteiger partial charge in [-0.05, 0) is 19.1 Å². The molecule has 116 valence electrons. The largest absolute Gasteiger partial charge is 0.384 e. The third-order valence-electron chi connectivity index (χ3n) is 4.02. The second kappa shape index (κ2) is 6.27. The van der Waals surface area contributed by atoms with Crippen molar-refractivity contribution in [3.05, 3.63) is 47.6 Å². The standard InChI is InChI=1S/C16H19N3O3/c1-11-7-15(22-18-11)16(20)19-8-12(10-21-2)13(9-19)14-5-3-4-6-17-14/h3-7,12-13H,8-10H2,1-2H3/t12-,13+/m0/s1. The summed E-state index contributed by atoms with van der Waals surface area (Å²) in [6.07, 6.45) is 1.78. The molecule has 1 aliphatic heterocycles. The van der Waals surface area contributed by atoms with Gasteiger partial charge in [0.05, 0.1) is 12.3 Å². The molecule has 0 aliphatic carbocycles. The smallest absolute Gasteiger partial charge is 0.292 e. The molecular formula is C16H19N3O3. The Hall–Kier alpha value is -2.21. The van der Waals surface area contributed by atoms with Crippen LogP contribution in [0.5, 0.6) is 0 Å². The van der Waals surface area contributed by atoms with Crippen LogP contribution in [-0.2, 0) is 4.74 Å². The highest BCUT2D eigenvalue weighted by Gasteiger charge is 2.38. The maximum absolute atomic E-state index is 12.5. The molecule has 1 aliphatic rings. The molecule has 2 aromatic rings.